The van der Waals surface area contributed by atoms with Crippen LogP contribution in [0.5, 0.6) is 5.75 Å². The van der Waals surface area contributed by atoms with Crippen molar-refractivity contribution in [2.45, 2.75) is 63.6 Å². The second-order valence-corrected chi connectivity index (χ2v) is 9.41. The third-order valence-corrected chi connectivity index (χ3v) is 6.87. The van der Waals surface area contributed by atoms with Crippen molar-refractivity contribution in [3.8, 4) is 5.75 Å². The SMILES string of the molecule is CC1=C(C(=O)NC2CCC(N)CC2)c2[nH]ccc2C(c2ccc(F)cc2OCC2CC2)N1. The average Bonchev–Trinajstić information content (AvgIpc) is 3.48. The lowest BCUT2D eigenvalue weighted by molar-refractivity contribution is -0.116. The molecule has 6 nitrogen and oxygen atoms in total. The van der Waals surface area contributed by atoms with Crippen molar-refractivity contribution in [2.24, 2.45) is 11.7 Å². The van der Waals surface area contributed by atoms with Gasteiger partial charge in [-0.1, -0.05) is 0 Å². The molecule has 2 heterocycles. The number of hydrogen-bond donors (Lipinski definition) is 4. The van der Waals surface area contributed by atoms with E-state index in [4.69, 9.17) is 10.5 Å². The summed E-state index contributed by atoms with van der Waals surface area (Å²) in [5.41, 5.74) is 10.0. The number of halogens is 1. The number of nitrogens with two attached hydrogens (primary N) is 1. The lowest BCUT2D eigenvalue weighted by Crippen LogP contribution is -2.42. The topological polar surface area (TPSA) is 92.2 Å². The summed E-state index contributed by atoms with van der Waals surface area (Å²) in [6, 6.07) is 6.83. The first kappa shape index (κ1) is 21.1. The van der Waals surface area contributed by atoms with E-state index in [2.05, 4.69) is 15.6 Å². The molecule has 0 bridgehead atoms. The zero-order valence-corrected chi connectivity index (χ0v) is 18.4. The molecule has 1 atom stereocenters. The molecule has 2 fully saturated rings. The second-order valence-electron chi connectivity index (χ2n) is 9.41. The van der Waals surface area contributed by atoms with Gasteiger partial charge in [0, 0.05) is 41.2 Å². The third-order valence-electron chi connectivity index (χ3n) is 6.87. The lowest BCUT2D eigenvalue weighted by atomic mass is 9.89. The van der Waals surface area contributed by atoms with Crippen LogP contribution < -0.4 is 21.1 Å². The summed E-state index contributed by atoms with van der Waals surface area (Å²) in [6.07, 6.45) is 7.87. The van der Waals surface area contributed by atoms with Crippen LogP contribution in [0.3, 0.4) is 0 Å². The Kier molecular flexibility index (Phi) is 5.67. The summed E-state index contributed by atoms with van der Waals surface area (Å²) in [5, 5.41) is 6.69. The summed E-state index contributed by atoms with van der Waals surface area (Å²) < 4.78 is 20.0. The number of carbonyl (C=O) groups excluding carboxylic acids is 1. The van der Waals surface area contributed by atoms with Crippen LogP contribution in [0.1, 0.15) is 68.3 Å². The quantitative estimate of drug-likeness (QED) is 0.553. The van der Waals surface area contributed by atoms with Crippen molar-refractivity contribution in [3.63, 3.8) is 0 Å². The van der Waals surface area contributed by atoms with E-state index in [1.165, 1.54) is 25.0 Å². The molecule has 3 aliphatic rings. The van der Waals surface area contributed by atoms with Gasteiger partial charge in [0.2, 0.25) is 0 Å². The number of ether oxygens (including phenoxy) is 1. The molecule has 5 N–H and O–H groups in total. The monoisotopic (exact) mass is 438 g/mol. The summed E-state index contributed by atoms with van der Waals surface area (Å²) >= 11 is 0. The van der Waals surface area contributed by atoms with Gasteiger partial charge in [-0.05, 0) is 69.6 Å². The van der Waals surface area contributed by atoms with E-state index in [9.17, 15) is 9.18 Å². The van der Waals surface area contributed by atoms with Crippen molar-refractivity contribution < 1.29 is 13.9 Å². The summed E-state index contributed by atoms with van der Waals surface area (Å²) in [5.74, 6) is 0.728. The molecular weight excluding hydrogens is 407 g/mol. The summed E-state index contributed by atoms with van der Waals surface area (Å²) in [4.78, 5) is 16.5. The molecule has 32 heavy (non-hydrogen) atoms. The van der Waals surface area contributed by atoms with Gasteiger partial charge in [0.1, 0.15) is 11.6 Å². The largest absolute Gasteiger partial charge is 0.493 e. The molecule has 1 aliphatic heterocycles. The highest BCUT2D eigenvalue weighted by atomic mass is 19.1. The zero-order valence-electron chi connectivity index (χ0n) is 18.4. The van der Waals surface area contributed by atoms with Gasteiger partial charge in [0.15, 0.2) is 0 Å². The van der Waals surface area contributed by atoms with E-state index in [0.717, 1.165) is 48.2 Å². The molecule has 5 rings (SSSR count). The molecule has 2 aromatic rings. The van der Waals surface area contributed by atoms with Gasteiger partial charge >= 0.3 is 0 Å². The Balaban J connectivity index is 1.40. The first-order valence-electron chi connectivity index (χ1n) is 11.6. The minimum Gasteiger partial charge on any atom is -0.493 e. The van der Waals surface area contributed by atoms with Crippen molar-refractivity contribution in [3.05, 3.63) is 58.8 Å². The third kappa shape index (κ3) is 4.26. The van der Waals surface area contributed by atoms with Crippen LogP contribution in [-0.2, 0) is 4.79 Å². The molecule has 1 aromatic heterocycles. The number of allylic oxidation sites excluding steroid dienone is 1. The number of fused-ring (bicyclic) bond motifs is 1. The van der Waals surface area contributed by atoms with Crippen molar-refractivity contribution >= 4 is 11.5 Å². The normalized spacial score (nSPS) is 25.2. The minimum atomic E-state index is -0.316. The number of nitrogens with one attached hydrogen (secondary N) is 3. The second kappa shape index (κ2) is 8.62. The number of aromatic amines is 1. The fraction of sp³-hybridized carbons (Fsp3) is 0.480. The Morgan fingerprint density at radius 2 is 1.94 bits per heavy atom. The fourth-order valence-electron chi connectivity index (χ4n) is 4.81. The highest BCUT2D eigenvalue weighted by Gasteiger charge is 2.33. The van der Waals surface area contributed by atoms with Crippen LogP contribution in [-0.4, -0.2) is 29.6 Å². The van der Waals surface area contributed by atoms with Crippen molar-refractivity contribution in [1.29, 1.82) is 0 Å². The van der Waals surface area contributed by atoms with Crippen LogP contribution >= 0.6 is 0 Å². The molecule has 0 spiro atoms. The number of rotatable bonds is 6. The molecule has 2 aliphatic carbocycles. The van der Waals surface area contributed by atoms with Gasteiger partial charge in [-0.3, -0.25) is 4.79 Å². The van der Waals surface area contributed by atoms with Gasteiger partial charge in [-0.2, -0.15) is 0 Å². The summed E-state index contributed by atoms with van der Waals surface area (Å²) in [6.45, 7) is 2.52. The Morgan fingerprint density at radius 3 is 2.69 bits per heavy atom. The molecule has 1 aromatic carbocycles. The maximum absolute atomic E-state index is 14.0. The molecule has 170 valence electrons. The average molecular weight is 439 g/mol. The standard InChI is InChI=1S/C25H31FN4O2/c1-14-22(25(31)30-18-7-5-17(27)6-8-18)24-20(10-11-28-24)23(29-14)19-9-4-16(26)12-21(19)32-13-15-2-3-15/h4,9-12,15,17-18,23,28-29H,2-3,5-8,13,27H2,1H3,(H,30,31). The molecule has 0 saturated heterocycles. The zero-order chi connectivity index (χ0) is 22.2. The molecular formula is C25H31FN4O2. The van der Waals surface area contributed by atoms with Gasteiger partial charge in [0.05, 0.1) is 23.9 Å². The number of carbonyl (C=O) groups is 1. The number of hydrogen-bond acceptors (Lipinski definition) is 4. The predicted molar refractivity (Wildman–Crippen MR) is 121 cm³/mol. The summed E-state index contributed by atoms with van der Waals surface area (Å²) in [7, 11) is 0. The highest BCUT2D eigenvalue weighted by molar-refractivity contribution is 6.20. The molecule has 7 heteroatoms. The maximum atomic E-state index is 14.0. The van der Waals surface area contributed by atoms with Crippen LogP contribution in [0, 0.1) is 11.7 Å². The van der Waals surface area contributed by atoms with Crippen LogP contribution in [0.2, 0.25) is 0 Å². The van der Waals surface area contributed by atoms with Gasteiger partial charge in [-0.25, -0.2) is 4.39 Å². The predicted octanol–water partition coefficient (Wildman–Crippen LogP) is 3.75. The van der Waals surface area contributed by atoms with E-state index in [0.29, 0.717) is 23.8 Å². The Labute approximate surface area is 187 Å². The number of benzene rings is 1. The van der Waals surface area contributed by atoms with Crippen LogP contribution in [0.15, 0.2) is 36.2 Å². The molecule has 1 unspecified atom stereocenters. The van der Waals surface area contributed by atoms with Gasteiger partial charge < -0.3 is 26.1 Å². The molecule has 0 radical (unpaired) electrons. The molecule has 2 saturated carbocycles. The van der Waals surface area contributed by atoms with E-state index in [1.54, 1.807) is 6.07 Å². The van der Waals surface area contributed by atoms with E-state index >= 15 is 0 Å². The Morgan fingerprint density at radius 1 is 1.16 bits per heavy atom. The number of amides is 1. The smallest absolute Gasteiger partial charge is 0.255 e. The Hall–Kier alpha value is -2.80. The minimum absolute atomic E-state index is 0.0815. The lowest BCUT2D eigenvalue weighted by Gasteiger charge is -2.31. The fourth-order valence-corrected chi connectivity index (χ4v) is 4.81. The highest BCUT2D eigenvalue weighted by Crippen LogP contribution is 2.40. The maximum Gasteiger partial charge on any atom is 0.255 e. The van der Waals surface area contributed by atoms with E-state index < -0.39 is 0 Å². The van der Waals surface area contributed by atoms with Gasteiger partial charge in [0.25, 0.3) is 5.91 Å². The number of H-pyrrole nitrogens is 1. The van der Waals surface area contributed by atoms with Crippen LogP contribution in [0.4, 0.5) is 4.39 Å². The number of aromatic nitrogens is 1. The first-order valence-corrected chi connectivity index (χ1v) is 11.6. The first-order chi connectivity index (χ1) is 15.5. The van der Waals surface area contributed by atoms with Crippen LogP contribution in [0.25, 0.3) is 5.57 Å². The molecule has 1 amide bonds. The van der Waals surface area contributed by atoms with Crippen molar-refractivity contribution in [2.75, 3.05) is 6.61 Å². The van der Waals surface area contributed by atoms with E-state index in [1.807, 2.05) is 19.2 Å². The Bertz CT molecular complexity index is 1030. The van der Waals surface area contributed by atoms with Crippen molar-refractivity contribution in [1.82, 2.24) is 15.6 Å². The van der Waals surface area contributed by atoms with E-state index in [-0.39, 0.29) is 29.8 Å². The van der Waals surface area contributed by atoms with Gasteiger partial charge in [-0.15, -0.1) is 0 Å².